The van der Waals surface area contributed by atoms with Gasteiger partial charge in [0.05, 0.1) is 0 Å². The van der Waals surface area contributed by atoms with Crippen molar-refractivity contribution in [3.05, 3.63) is 12.2 Å². The first-order chi connectivity index (χ1) is 27.5. The smallest absolute Gasteiger partial charge is 0.306 e. The Balaban J connectivity index is 4.31. The molecule has 56 heavy (non-hydrogen) atoms. The second kappa shape index (κ2) is 45.8. The SMILES string of the molecule is CCCC/C=C\CCCCCCC(=O)OCC(COC(=O)CCCCCCCCCCCCCCCCC)OC(=O)CCCCCCCCCCCCCCC. The molecule has 0 bridgehead atoms. The molecule has 0 aromatic heterocycles. The third-order valence-corrected chi connectivity index (χ3v) is 11.0. The lowest BCUT2D eigenvalue weighted by atomic mass is 10.0. The van der Waals surface area contributed by atoms with Crippen LogP contribution in [0, 0.1) is 0 Å². The molecule has 0 heterocycles. The van der Waals surface area contributed by atoms with Crippen LogP contribution in [0.4, 0.5) is 0 Å². The number of carbonyl (C=O) groups is 3. The summed E-state index contributed by atoms with van der Waals surface area (Å²) in [6.07, 6.45) is 49.1. The Morgan fingerprint density at radius 1 is 0.339 bits per heavy atom. The molecule has 330 valence electrons. The Morgan fingerprint density at radius 3 is 0.946 bits per heavy atom. The number of carbonyl (C=O) groups excluding carboxylic acids is 3. The van der Waals surface area contributed by atoms with E-state index >= 15 is 0 Å². The molecule has 0 saturated carbocycles. The number of rotatable bonds is 45. The monoisotopic (exact) mass is 791 g/mol. The average molecular weight is 791 g/mol. The van der Waals surface area contributed by atoms with E-state index in [2.05, 4.69) is 32.9 Å². The second-order valence-corrected chi connectivity index (χ2v) is 16.7. The first kappa shape index (κ1) is 54.2. The predicted octanol–water partition coefficient (Wildman–Crippen LogP) is 15.8. The van der Waals surface area contributed by atoms with Crippen LogP contribution in [0.1, 0.15) is 271 Å². The Labute approximate surface area is 348 Å². The summed E-state index contributed by atoms with van der Waals surface area (Å²) in [6.45, 7) is 6.61. The lowest BCUT2D eigenvalue weighted by Crippen LogP contribution is -2.30. The summed E-state index contributed by atoms with van der Waals surface area (Å²) in [5.41, 5.74) is 0. The number of allylic oxidation sites excluding steroid dienone is 2. The van der Waals surface area contributed by atoms with Gasteiger partial charge in [0.25, 0.3) is 0 Å². The van der Waals surface area contributed by atoms with Gasteiger partial charge in [0, 0.05) is 19.3 Å². The molecule has 6 heteroatoms. The molecule has 0 aromatic rings. The summed E-state index contributed by atoms with van der Waals surface area (Å²) in [6, 6.07) is 0. The summed E-state index contributed by atoms with van der Waals surface area (Å²) in [5.74, 6) is -0.869. The van der Waals surface area contributed by atoms with E-state index in [0.29, 0.717) is 19.3 Å². The van der Waals surface area contributed by atoms with E-state index < -0.39 is 6.10 Å². The Morgan fingerprint density at radius 2 is 0.607 bits per heavy atom. The minimum atomic E-state index is -0.766. The van der Waals surface area contributed by atoms with Crippen molar-refractivity contribution in [1.82, 2.24) is 0 Å². The largest absolute Gasteiger partial charge is 0.462 e. The zero-order valence-corrected chi connectivity index (χ0v) is 37.7. The Kier molecular flexibility index (Phi) is 44.3. The molecule has 0 radical (unpaired) electrons. The molecular formula is C50H94O6. The van der Waals surface area contributed by atoms with Gasteiger partial charge in [0.15, 0.2) is 6.10 Å². The Hall–Kier alpha value is -1.85. The van der Waals surface area contributed by atoms with Crippen molar-refractivity contribution in [3.8, 4) is 0 Å². The summed E-state index contributed by atoms with van der Waals surface area (Å²) in [5, 5.41) is 0. The molecule has 0 aliphatic rings. The van der Waals surface area contributed by atoms with Gasteiger partial charge in [-0.15, -0.1) is 0 Å². The van der Waals surface area contributed by atoms with E-state index in [1.807, 2.05) is 0 Å². The minimum absolute atomic E-state index is 0.0685. The predicted molar refractivity (Wildman–Crippen MR) is 238 cm³/mol. The van der Waals surface area contributed by atoms with E-state index in [1.165, 1.54) is 154 Å². The van der Waals surface area contributed by atoms with Gasteiger partial charge in [0.2, 0.25) is 0 Å². The molecule has 0 fully saturated rings. The zero-order valence-electron chi connectivity index (χ0n) is 37.7. The molecule has 0 aliphatic heterocycles. The van der Waals surface area contributed by atoms with Crippen LogP contribution in [-0.2, 0) is 28.6 Å². The highest BCUT2D eigenvalue weighted by Crippen LogP contribution is 2.16. The average Bonchev–Trinajstić information content (AvgIpc) is 3.19. The maximum absolute atomic E-state index is 12.7. The van der Waals surface area contributed by atoms with Crippen molar-refractivity contribution in [1.29, 1.82) is 0 Å². The van der Waals surface area contributed by atoms with Crippen molar-refractivity contribution in [2.24, 2.45) is 0 Å². The highest BCUT2D eigenvalue weighted by atomic mass is 16.6. The van der Waals surface area contributed by atoms with Gasteiger partial charge in [0.1, 0.15) is 13.2 Å². The summed E-state index contributed by atoms with van der Waals surface area (Å²) in [7, 11) is 0. The molecule has 0 aliphatic carbocycles. The molecule has 6 nitrogen and oxygen atoms in total. The van der Waals surface area contributed by atoms with Crippen molar-refractivity contribution in [3.63, 3.8) is 0 Å². The van der Waals surface area contributed by atoms with E-state index in [9.17, 15) is 14.4 Å². The van der Waals surface area contributed by atoms with Crippen LogP contribution in [0.15, 0.2) is 12.2 Å². The van der Waals surface area contributed by atoms with Crippen molar-refractivity contribution in [2.45, 2.75) is 277 Å². The molecule has 0 aromatic carbocycles. The third-order valence-electron chi connectivity index (χ3n) is 11.0. The minimum Gasteiger partial charge on any atom is -0.462 e. The zero-order chi connectivity index (χ0) is 40.8. The van der Waals surface area contributed by atoms with E-state index in [0.717, 1.165) is 77.0 Å². The van der Waals surface area contributed by atoms with Gasteiger partial charge in [-0.1, -0.05) is 226 Å². The number of unbranched alkanes of at least 4 members (excludes halogenated alkanes) is 32. The lowest BCUT2D eigenvalue weighted by Gasteiger charge is -2.18. The molecule has 1 atom stereocenters. The molecule has 0 spiro atoms. The van der Waals surface area contributed by atoms with Gasteiger partial charge < -0.3 is 14.2 Å². The van der Waals surface area contributed by atoms with E-state index in [-0.39, 0.29) is 31.1 Å². The number of hydrogen-bond donors (Lipinski definition) is 0. The van der Waals surface area contributed by atoms with Crippen molar-refractivity contribution >= 4 is 17.9 Å². The van der Waals surface area contributed by atoms with Gasteiger partial charge in [-0.05, 0) is 38.5 Å². The maximum atomic E-state index is 12.7. The molecule has 0 N–H and O–H groups in total. The first-order valence-electron chi connectivity index (χ1n) is 24.7. The van der Waals surface area contributed by atoms with Gasteiger partial charge in [-0.25, -0.2) is 0 Å². The molecule has 1 unspecified atom stereocenters. The van der Waals surface area contributed by atoms with Gasteiger partial charge in [-0.2, -0.15) is 0 Å². The molecule has 0 saturated heterocycles. The van der Waals surface area contributed by atoms with Gasteiger partial charge >= 0.3 is 17.9 Å². The van der Waals surface area contributed by atoms with Crippen LogP contribution < -0.4 is 0 Å². The van der Waals surface area contributed by atoms with Crippen LogP contribution in [0.2, 0.25) is 0 Å². The second-order valence-electron chi connectivity index (χ2n) is 16.7. The maximum Gasteiger partial charge on any atom is 0.306 e. The molecule has 0 amide bonds. The number of hydrogen-bond acceptors (Lipinski definition) is 6. The number of esters is 3. The van der Waals surface area contributed by atoms with Crippen molar-refractivity contribution in [2.75, 3.05) is 13.2 Å². The first-order valence-corrected chi connectivity index (χ1v) is 24.7. The standard InChI is InChI=1S/C50H94O6/c1-4-7-10-13-16-19-22-24-25-27-28-31-34-37-40-43-49(52)55-46-47(45-54-48(51)42-39-36-33-30-21-18-15-12-9-6-3)56-50(53)44-41-38-35-32-29-26-23-20-17-14-11-8-5-2/h15,18,47H,4-14,16-17,19-46H2,1-3H3/b18-15-. The van der Waals surface area contributed by atoms with Crippen LogP contribution in [0.5, 0.6) is 0 Å². The van der Waals surface area contributed by atoms with Crippen LogP contribution in [0.25, 0.3) is 0 Å². The highest BCUT2D eigenvalue weighted by Gasteiger charge is 2.19. The fourth-order valence-electron chi connectivity index (χ4n) is 7.25. The fourth-order valence-corrected chi connectivity index (χ4v) is 7.25. The van der Waals surface area contributed by atoms with Crippen LogP contribution in [0.3, 0.4) is 0 Å². The summed E-state index contributed by atoms with van der Waals surface area (Å²) in [4.78, 5) is 37.8. The fraction of sp³-hybridized carbons (Fsp3) is 0.900. The Bertz CT molecular complexity index is 870. The lowest BCUT2D eigenvalue weighted by molar-refractivity contribution is -0.167. The highest BCUT2D eigenvalue weighted by molar-refractivity contribution is 5.71. The van der Waals surface area contributed by atoms with Crippen LogP contribution in [-0.4, -0.2) is 37.2 Å². The van der Waals surface area contributed by atoms with Crippen molar-refractivity contribution < 1.29 is 28.6 Å². The molecule has 0 rings (SSSR count). The van der Waals surface area contributed by atoms with E-state index in [1.54, 1.807) is 0 Å². The quantitative estimate of drug-likeness (QED) is 0.0264. The van der Waals surface area contributed by atoms with E-state index in [4.69, 9.17) is 14.2 Å². The topological polar surface area (TPSA) is 78.9 Å². The van der Waals surface area contributed by atoms with Gasteiger partial charge in [-0.3, -0.25) is 14.4 Å². The summed E-state index contributed by atoms with van der Waals surface area (Å²) >= 11 is 0. The van der Waals surface area contributed by atoms with Crippen LogP contribution >= 0.6 is 0 Å². The normalized spacial score (nSPS) is 12.0. The number of ether oxygens (including phenoxy) is 3. The third kappa shape index (κ3) is 43.3. The summed E-state index contributed by atoms with van der Waals surface area (Å²) < 4.78 is 16.7. The molecular weight excluding hydrogens is 697 g/mol.